The van der Waals surface area contributed by atoms with Gasteiger partial charge in [0.2, 0.25) is 5.91 Å². The summed E-state index contributed by atoms with van der Waals surface area (Å²) in [5.41, 5.74) is 0.815. The van der Waals surface area contributed by atoms with Gasteiger partial charge in [-0.25, -0.2) is 0 Å². The Labute approximate surface area is 171 Å². The van der Waals surface area contributed by atoms with Crippen molar-refractivity contribution in [3.05, 3.63) is 53.4 Å². The lowest BCUT2D eigenvalue weighted by atomic mass is 9.85. The summed E-state index contributed by atoms with van der Waals surface area (Å²) in [6.45, 7) is 6.05. The Morgan fingerprint density at radius 1 is 1.17 bits per heavy atom. The van der Waals surface area contributed by atoms with Crippen LogP contribution >= 0.6 is 0 Å². The van der Waals surface area contributed by atoms with Crippen LogP contribution < -0.4 is 0 Å². The van der Waals surface area contributed by atoms with Gasteiger partial charge in [-0.1, -0.05) is 49.3 Å². The number of aromatic nitrogens is 1. The van der Waals surface area contributed by atoms with Crippen molar-refractivity contribution in [2.75, 3.05) is 19.6 Å². The van der Waals surface area contributed by atoms with Crippen molar-refractivity contribution < 1.29 is 14.1 Å². The van der Waals surface area contributed by atoms with Gasteiger partial charge < -0.3 is 14.3 Å². The number of hydrogen-bond acceptors (Lipinski definition) is 4. The average Bonchev–Trinajstić information content (AvgIpc) is 3.38. The maximum absolute atomic E-state index is 13.5. The fourth-order valence-corrected chi connectivity index (χ4v) is 4.64. The zero-order chi connectivity index (χ0) is 20.4. The maximum Gasteiger partial charge on any atom is 0.276 e. The zero-order valence-electron chi connectivity index (χ0n) is 17.3. The Hall–Kier alpha value is -2.63. The Balaban J connectivity index is 1.51. The van der Waals surface area contributed by atoms with Crippen molar-refractivity contribution >= 4 is 11.8 Å². The molecule has 6 nitrogen and oxygen atoms in total. The van der Waals surface area contributed by atoms with Gasteiger partial charge in [0.05, 0.1) is 0 Å². The van der Waals surface area contributed by atoms with Crippen molar-refractivity contribution in [1.29, 1.82) is 0 Å². The SMILES string of the molecule is CC(C)c1cc(C(=O)N2CCCC23CCCN(CCc2ccccc2)C3=O)no1. The van der Waals surface area contributed by atoms with E-state index in [4.69, 9.17) is 4.52 Å². The van der Waals surface area contributed by atoms with E-state index < -0.39 is 5.54 Å². The van der Waals surface area contributed by atoms with Gasteiger partial charge in [-0.3, -0.25) is 9.59 Å². The monoisotopic (exact) mass is 395 g/mol. The largest absolute Gasteiger partial charge is 0.360 e. The van der Waals surface area contributed by atoms with Crippen LogP contribution in [0.15, 0.2) is 40.9 Å². The fraction of sp³-hybridized carbons (Fsp3) is 0.522. The molecule has 2 saturated heterocycles. The third-order valence-corrected chi connectivity index (χ3v) is 6.27. The molecule has 1 spiro atoms. The number of hydrogen-bond donors (Lipinski definition) is 0. The second-order valence-electron chi connectivity index (χ2n) is 8.49. The van der Waals surface area contributed by atoms with Crippen LogP contribution in [0, 0.1) is 0 Å². The second-order valence-corrected chi connectivity index (χ2v) is 8.49. The third kappa shape index (κ3) is 3.68. The van der Waals surface area contributed by atoms with Gasteiger partial charge in [0.25, 0.3) is 5.91 Å². The molecule has 2 fully saturated rings. The van der Waals surface area contributed by atoms with Crippen molar-refractivity contribution in [1.82, 2.24) is 15.0 Å². The van der Waals surface area contributed by atoms with Crippen LogP contribution in [0.1, 0.15) is 67.3 Å². The van der Waals surface area contributed by atoms with Crippen LogP contribution in [0.4, 0.5) is 0 Å². The molecular weight excluding hydrogens is 366 g/mol. The first-order chi connectivity index (χ1) is 14.0. The van der Waals surface area contributed by atoms with E-state index >= 15 is 0 Å². The summed E-state index contributed by atoms with van der Waals surface area (Å²) in [6.07, 6.45) is 4.06. The number of likely N-dealkylation sites (tertiary alicyclic amines) is 2. The van der Waals surface area contributed by atoms with Gasteiger partial charge in [0.15, 0.2) is 5.69 Å². The Morgan fingerprint density at radius 3 is 2.59 bits per heavy atom. The lowest BCUT2D eigenvalue weighted by molar-refractivity contribution is -0.145. The summed E-state index contributed by atoms with van der Waals surface area (Å²) in [4.78, 5) is 30.5. The molecule has 4 rings (SSSR count). The molecule has 2 aliphatic heterocycles. The molecule has 1 unspecified atom stereocenters. The number of piperidine rings is 1. The van der Waals surface area contributed by atoms with Crippen molar-refractivity contribution in [3.8, 4) is 0 Å². The number of amides is 2. The molecule has 0 bridgehead atoms. The summed E-state index contributed by atoms with van der Waals surface area (Å²) < 4.78 is 5.33. The predicted octanol–water partition coefficient (Wildman–Crippen LogP) is 3.64. The number of benzene rings is 1. The van der Waals surface area contributed by atoms with Crippen LogP contribution in [0.2, 0.25) is 0 Å². The van der Waals surface area contributed by atoms with E-state index in [-0.39, 0.29) is 17.7 Å². The molecule has 2 amide bonds. The van der Waals surface area contributed by atoms with E-state index in [0.717, 1.165) is 38.6 Å². The van der Waals surface area contributed by atoms with Gasteiger partial charge in [-0.2, -0.15) is 0 Å². The van der Waals surface area contributed by atoms with E-state index in [0.29, 0.717) is 24.5 Å². The highest BCUT2D eigenvalue weighted by atomic mass is 16.5. The molecule has 154 valence electrons. The zero-order valence-corrected chi connectivity index (χ0v) is 17.3. The summed E-state index contributed by atoms with van der Waals surface area (Å²) in [6, 6.07) is 11.9. The molecule has 1 aromatic carbocycles. The van der Waals surface area contributed by atoms with Crippen LogP contribution in [0.3, 0.4) is 0 Å². The van der Waals surface area contributed by atoms with Gasteiger partial charge in [0.1, 0.15) is 11.3 Å². The number of carbonyl (C=O) groups excluding carboxylic acids is 2. The van der Waals surface area contributed by atoms with Crippen LogP contribution in [-0.4, -0.2) is 51.9 Å². The molecule has 0 aliphatic carbocycles. The smallest absolute Gasteiger partial charge is 0.276 e. The summed E-state index contributed by atoms with van der Waals surface area (Å²) in [5.74, 6) is 0.775. The summed E-state index contributed by atoms with van der Waals surface area (Å²) in [7, 11) is 0. The molecule has 1 atom stereocenters. The minimum atomic E-state index is -0.719. The van der Waals surface area contributed by atoms with E-state index in [9.17, 15) is 9.59 Å². The molecular formula is C23H29N3O3. The predicted molar refractivity (Wildman–Crippen MR) is 110 cm³/mol. The highest BCUT2D eigenvalue weighted by Crippen LogP contribution is 2.39. The minimum Gasteiger partial charge on any atom is -0.360 e. The molecule has 1 aromatic heterocycles. The van der Waals surface area contributed by atoms with Gasteiger partial charge >= 0.3 is 0 Å². The summed E-state index contributed by atoms with van der Waals surface area (Å²) >= 11 is 0. The van der Waals surface area contributed by atoms with Crippen molar-refractivity contribution in [2.24, 2.45) is 0 Å². The molecule has 3 heterocycles. The minimum absolute atomic E-state index is 0.0955. The van der Waals surface area contributed by atoms with E-state index in [2.05, 4.69) is 17.3 Å². The highest BCUT2D eigenvalue weighted by Gasteiger charge is 2.53. The molecule has 2 aliphatic rings. The Morgan fingerprint density at radius 2 is 1.90 bits per heavy atom. The molecule has 6 heteroatoms. The first-order valence-electron chi connectivity index (χ1n) is 10.6. The number of carbonyl (C=O) groups is 2. The molecule has 0 N–H and O–H groups in total. The lowest BCUT2D eigenvalue weighted by Gasteiger charge is -2.44. The Kier molecular flexibility index (Phi) is 5.43. The first-order valence-corrected chi connectivity index (χ1v) is 10.6. The van der Waals surface area contributed by atoms with Crippen LogP contribution in [0.5, 0.6) is 0 Å². The summed E-state index contributed by atoms with van der Waals surface area (Å²) in [5, 5.41) is 3.99. The lowest BCUT2D eigenvalue weighted by Crippen LogP contribution is -2.61. The molecule has 2 aromatic rings. The van der Waals surface area contributed by atoms with Crippen LogP contribution in [0.25, 0.3) is 0 Å². The van der Waals surface area contributed by atoms with Gasteiger partial charge in [0, 0.05) is 31.6 Å². The van der Waals surface area contributed by atoms with E-state index in [1.165, 1.54) is 5.56 Å². The second kappa shape index (κ2) is 8.01. The normalized spacial score (nSPS) is 22.1. The molecule has 29 heavy (non-hydrogen) atoms. The van der Waals surface area contributed by atoms with Crippen LogP contribution in [-0.2, 0) is 11.2 Å². The molecule has 0 radical (unpaired) electrons. The quantitative estimate of drug-likeness (QED) is 0.775. The average molecular weight is 396 g/mol. The van der Waals surface area contributed by atoms with Gasteiger partial charge in [-0.05, 0) is 37.7 Å². The van der Waals surface area contributed by atoms with E-state index in [1.807, 2.05) is 36.9 Å². The topological polar surface area (TPSA) is 66.7 Å². The van der Waals surface area contributed by atoms with Crippen molar-refractivity contribution in [3.63, 3.8) is 0 Å². The maximum atomic E-state index is 13.5. The standard InChI is InChI=1S/C23H29N3O3/c1-17(2)20-16-19(24-29-20)21(27)26-14-7-12-23(26)11-6-13-25(22(23)28)15-10-18-8-4-3-5-9-18/h3-5,8-9,16-17H,6-7,10-15H2,1-2H3. The first kappa shape index (κ1) is 19.7. The highest BCUT2D eigenvalue weighted by molar-refractivity contribution is 5.99. The third-order valence-electron chi connectivity index (χ3n) is 6.27. The van der Waals surface area contributed by atoms with E-state index in [1.54, 1.807) is 11.0 Å². The molecule has 0 saturated carbocycles. The Bertz CT molecular complexity index is 877. The number of rotatable bonds is 5. The fourth-order valence-electron chi connectivity index (χ4n) is 4.64. The number of nitrogens with zero attached hydrogens (tertiary/aromatic N) is 3. The van der Waals surface area contributed by atoms with Gasteiger partial charge in [-0.15, -0.1) is 0 Å². The van der Waals surface area contributed by atoms with Crippen molar-refractivity contribution in [2.45, 2.75) is 57.4 Å².